The third-order valence-corrected chi connectivity index (χ3v) is 6.15. The standard InChI is InChI=1S/C23H24N2O5S/c1-3-18-6-9-21(16-22(18)23(26)29-2)31(27,28)25-15-10-17-4-7-19(8-5-17)30-20-11-13-24-14-12-20/h4-9,11-14,16,25H,3,10,15H2,1-2H3. The molecule has 0 aliphatic carbocycles. The number of rotatable bonds is 9. The van der Waals surface area contributed by atoms with E-state index in [1.54, 1.807) is 30.6 Å². The molecule has 0 saturated heterocycles. The van der Waals surface area contributed by atoms with Crippen molar-refractivity contribution in [1.82, 2.24) is 9.71 Å². The van der Waals surface area contributed by atoms with E-state index in [-0.39, 0.29) is 17.0 Å². The van der Waals surface area contributed by atoms with Crippen LogP contribution in [0.3, 0.4) is 0 Å². The minimum Gasteiger partial charge on any atom is -0.465 e. The van der Waals surface area contributed by atoms with E-state index >= 15 is 0 Å². The number of hydrogen-bond acceptors (Lipinski definition) is 6. The van der Waals surface area contributed by atoms with E-state index in [0.717, 1.165) is 11.1 Å². The number of methoxy groups -OCH3 is 1. The van der Waals surface area contributed by atoms with Gasteiger partial charge in [-0.15, -0.1) is 0 Å². The first kappa shape index (κ1) is 22.5. The molecular weight excluding hydrogens is 416 g/mol. The molecule has 1 aromatic heterocycles. The Morgan fingerprint density at radius 2 is 1.68 bits per heavy atom. The van der Waals surface area contributed by atoms with Crippen molar-refractivity contribution in [2.75, 3.05) is 13.7 Å². The van der Waals surface area contributed by atoms with Crippen molar-refractivity contribution in [3.05, 3.63) is 83.7 Å². The molecule has 0 amide bonds. The van der Waals surface area contributed by atoms with Crippen LogP contribution in [0.2, 0.25) is 0 Å². The molecule has 0 radical (unpaired) electrons. The Morgan fingerprint density at radius 1 is 1.00 bits per heavy atom. The highest BCUT2D eigenvalue weighted by Gasteiger charge is 2.18. The quantitative estimate of drug-likeness (QED) is 0.510. The number of esters is 1. The second-order valence-electron chi connectivity index (χ2n) is 6.74. The number of ether oxygens (including phenoxy) is 2. The maximum atomic E-state index is 12.7. The highest BCUT2D eigenvalue weighted by atomic mass is 32.2. The van der Waals surface area contributed by atoms with Gasteiger partial charge in [-0.05, 0) is 60.4 Å². The molecule has 0 unspecified atom stereocenters. The predicted octanol–water partition coefficient (Wildman–Crippen LogP) is 3.74. The van der Waals surface area contributed by atoms with Gasteiger partial charge in [-0.1, -0.05) is 25.1 Å². The Hall–Kier alpha value is -3.23. The van der Waals surface area contributed by atoms with Crippen molar-refractivity contribution in [3.8, 4) is 11.5 Å². The van der Waals surface area contributed by atoms with Crippen molar-refractivity contribution >= 4 is 16.0 Å². The summed E-state index contributed by atoms with van der Waals surface area (Å²) in [5.41, 5.74) is 1.96. The first-order chi connectivity index (χ1) is 14.9. The van der Waals surface area contributed by atoms with E-state index in [1.165, 1.54) is 19.2 Å². The van der Waals surface area contributed by atoms with E-state index in [0.29, 0.717) is 24.3 Å². The number of benzene rings is 2. The molecule has 0 fully saturated rings. The molecule has 3 rings (SSSR count). The highest BCUT2D eigenvalue weighted by molar-refractivity contribution is 7.89. The summed E-state index contributed by atoms with van der Waals surface area (Å²) in [5, 5.41) is 0. The van der Waals surface area contributed by atoms with E-state index < -0.39 is 16.0 Å². The van der Waals surface area contributed by atoms with Crippen LogP contribution in [-0.2, 0) is 27.6 Å². The van der Waals surface area contributed by atoms with E-state index in [9.17, 15) is 13.2 Å². The average molecular weight is 441 g/mol. The minimum absolute atomic E-state index is 0.0335. The molecule has 1 N–H and O–H groups in total. The molecule has 7 nitrogen and oxygen atoms in total. The van der Waals surface area contributed by atoms with Gasteiger partial charge in [0.2, 0.25) is 10.0 Å². The van der Waals surface area contributed by atoms with Gasteiger partial charge in [0.05, 0.1) is 17.6 Å². The lowest BCUT2D eigenvalue weighted by Gasteiger charge is -2.11. The molecule has 0 saturated carbocycles. The van der Waals surface area contributed by atoms with Crippen LogP contribution in [-0.4, -0.2) is 33.0 Å². The van der Waals surface area contributed by atoms with Crippen molar-refractivity contribution < 1.29 is 22.7 Å². The van der Waals surface area contributed by atoms with Gasteiger partial charge in [-0.25, -0.2) is 17.9 Å². The Bertz CT molecular complexity index is 1130. The van der Waals surface area contributed by atoms with Crippen molar-refractivity contribution in [2.45, 2.75) is 24.7 Å². The number of carbonyl (C=O) groups excluding carboxylic acids is 1. The second-order valence-corrected chi connectivity index (χ2v) is 8.51. The predicted molar refractivity (Wildman–Crippen MR) is 117 cm³/mol. The second kappa shape index (κ2) is 10.2. The fourth-order valence-corrected chi connectivity index (χ4v) is 4.07. The average Bonchev–Trinajstić information content (AvgIpc) is 2.80. The summed E-state index contributed by atoms with van der Waals surface area (Å²) in [7, 11) is -2.48. The molecule has 0 spiro atoms. The third-order valence-electron chi connectivity index (χ3n) is 4.69. The Morgan fingerprint density at radius 3 is 2.32 bits per heavy atom. The van der Waals surface area contributed by atoms with Crippen molar-refractivity contribution in [1.29, 1.82) is 0 Å². The van der Waals surface area contributed by atoms with Crippen LogP contribution in [0, 0.1) is 0 Å². The lowest BCUT2D eigenvalue weighted by atomic mass is 10.1. The smallest absolute Gasteiger partial charge is 0.338 e. The Kier molecular flexibility index (Phi) is 7.38. The number of hydrogen-bond donors (Lipinski definition) is 1. The normalized spacial score (nSPS) is 11.2. The molecule has 162 valence electrons. The summed E-state index contributed by atoms with van der Waals surface area (Å²) in [5.74, 6) is 0.820. The summed E-state index contributed by atoms with van der Waals surface area (Å²) in [6, 6.07) is 15.5. The summed E-state index contributed by atoms with van der Waals surface area (Å²) in [6.45, 7) is 2.11. The van der Waals surface area contributed by atoms with Gasteiger partial charge in [0.15, 0.2) is 0 Å². The van der Waals surface area contributed by atoms with Gasteiger partial charge in [0, 0.05) is 18.9 Å². The van der Waals surface area contributed by atoms with Crippen LogP contribution >= 0.6 is 0 Å². The summed E-state index contributed by atoms with van der Waals surface area (Å²) >= 11 is 0. The topological polar surface area (TPSA) is 94.6 Å². The number of aryl methyl sites for hydroxylation is 1. The summed E-state index contributed by atoms with van der Waals surface area (Å²) in [4.78, 5) is 15.9. The van der Waals surface area contributed by atoms with Crippen LogP contribution in [0.15, 0.2) is 71.9 Å². The molecular formula is C23H24N2O5S. The van der Waals surface area contributed by atoms with Crippen molar-refractivity contribution in [3.63, 3.8) is 0 Å². The number of pyridine rings is 1. The maximum absolute atomic E-state index is 12.7. The van der Waals surface area contributed by atoms with Gasteiger partial charge in [0.25, 0.3) is 0 Å². The molecule has 0 aliphatic heterocycles. The molecule has 0 aliphatic rings. The van der Waals surface area contributed by atoms with Crippen LogP contribution in [0.25, 0.3) is 0 Å². The first-order valence-electron chi connectivity index (χ1n) is 9.80. The molecule has 31 heavy (non-hydrogen) atoms. The first-order valence-corrected chi connectivity index (χ1v) is 11.3. The zero-order valence-electron chi connectivity index (χ0n) is 17.4. The minimum atomic E-state index is -3.76. The SMILES string of the molecule is CCc1ccc(S(=O)(=O)NCCc2ccc(Oc3ccncc3)cc2)cc1C(=O)OC. The van der Waals surface area contributed by atoms with E-state index in [2.05, 4.69) is 9.71 Å². The Balaban J connectivity index is 1.61. The summed E-state index contributed by atoms with van der Waals surface area (Å²) < 4.78 is 38.4. The number of carbonyl (C=O) groups is 1. The fraction of sp³-hybridized carbons (Fsp3) is 0.217. The van der Waals surface area contributed by atoms with Gasteiger partial charge in [-0.3, -0.25) is 4.98 Å². The molecule has 0 atom stereocenters. The van der Waals surface area contributed by atoms with Gasteiger partial charge >= 0.3 is 5.97 Å². The van der Waals surface area contributed by atoms with Crippen LogP contribution in [0.1, 0.15) is 28.4 Å². The molecule has 0 bridgehead atoms. The summed E-state index contributed by atoms with van der Waals surface area (Å²) in [6.07, 6.45) is 4.41. The molecule has 2 aromatic carbocycles. The van der Waals surface area contributed by atoms with Gasteiger partial charge in [-0.2, -0.15) is 0 Å². The van der Waals surface area contributed by atoms with Gasteiger partial charge in [0.1, 0.15) is 11.5 Å². The highest BCUT2D eigenvalue weighted by Crippen LogP contribution is 2.21. The number of nitrogens with one attached hydrogen (secondary N) is 1. The van der Waals surface area contributed by atoms with Crippen LogP contribution in [0.4, 0.5) is 0 Å². The third kappa shape index (κ3) is 5.90. The number of nitrogens with zero attached hydrogens (tertiary/aromatic N) is 1. The molecule has 8 heteroatoms. The van der Waals surface area contributed by atoms with Crippen LogP contribution in [0.5, 0.6) is 11.5 Å². The number of aromatic nitrogens is 1. The lowest BCUT2D eigenvalue weighted by Crippen LogP contribution is -2.26. The van der Waals surface area contributed by atoms with Gasteiger partial charge < -0.3 is 9.47 Å². The van der Waals surface area contributed by atoms with Crippen LogP contribution < -0.4 is 9.46 Å². The zero-order valence-corrected chi connectivity index (χ0v) is 18.2. The molecule has 1 heterocycles. The maximum Gasteiger partial charge on any atom is 0.338 e. The number of sulfonamides is 1. The Labute approximate surface area is 182 Å². The molecule has 3 aromatic rings. The fourth-order valence-electron chi connectivity index (χ4n) is 3.01. The largest absolute Gasteiger partial charge is 0.465 e. The van der Waals surface area contributed by atoms with E-state index in [1.807, 2.05) is 31.2 Å². The monoisotopic (exact) mass is 440 g/mol. The zero-order chi connectivity index (χ0) is 22.3. The lowest BCUT2D eigenvalue weighted by molar-refractivity contribution is 0.0599. The van der Waals surface area contributed by atoms with E-state index in [4.69, 9.17) is 9.47 Å². The van der Waals surface area contributed by atoms with Crippen molar-refractivity contribution in [2.24, 2.45) is 0 Å².